The SMILES string of the molecule is Cn1cc(CNS(=O)(=O)c2ccc3c(c2)oc(=O)n3C)c2ccccc21. The van der Waals surface area contributed by atoms with Gasteiger partial charge in [0, 0.05) is 43.8 Å². The molecule has 26 heavy (non-hydrogen) atoms. The maximum Gasteiger partial charge on any atom is 0.419 e. The van der Waals surface area contributed by atoms with Crippen LogP contribution in [0.1, 0.15) is 5.56 Å². The molecule has 0 radical (unpaired) electrons. The quantitative estimate of drug-likeness (QED) is 0.595. The minimum atomic E-state index is -3.74. The molecule has 0 bridgehead atoms. The first-order chi connectivity index (χ1) is 12.4. The summed E-state index contributed by atoms with van der Waals surface area (Å²) in [6.07, 6.45) is 1.91. The number of sulfonamides is 1. The van der Waals surface area contributed by atoms with Gasteiger partial charge in [-0.15, -0.1) is 0 Å². The molecule has 0 saturated heterocycles. The lowest BCUT2D eigenvalue weighted by atomic mass is 10.2. The summed E-state index contributed by atoms with van der Waals surface area (Å²) in [5.74, 6) is -0.529. The average molecular weight is 371 g/mol. The van der Waals surface area contributed by atoms with Crippen molar-refractivity contribution in [3.63, 3.8) is 0 Å². The molecule has 4 aromatic rings. The predicted octanol–water partition coefficient (Wildman–Crippen LogP) is 2.10. The molecule has 0 fully saturated rings. The van der Waals surface area contributed by atoms with Crippen LogP contribution in [0.3, 0.4) is 0 Å². The summed E-state index contributed by atoms with van der Waals surface area (Å²) >= 11 is 0. The fourth-order valence-electron chi connectivity index (χ4n) is 3.10. The molecular weight excluding hydrogens is 354 g/mol. The zero-order valence-corrected chi connectivity index (χ0v) is 15.1. The molecule has 0 aliphatic heterocycles. The Morgan fingerprint density at radius 1 is 1.08 bits per heavy atom. The van der Waals surface area contributed by atoms with E-state index in [1.165, 1.54) is 16.7 Å². The van der Waals surface area contributed by atoms with Crippen LogP contribution in [0.2, 0.25) is 0 Å². The van der Waals surface area contributed by atoms with Crippen molar-refractivity contribution >= 4 is 32.0 Å². The van der Waals surface area contributed by atoms with Gasteiger partial charge in [-0.25, -0.2) is 17.9 Å². The van der Waals surface area contributed by atoms with Crippen molar-refractivity contribution in [2.75, 3.05) is 0 Å². The van der Waals surface area contributed by atoms with Crippen LogP contribution in [0.4, 0.5) is 0 Å². The smallest absolute Gasteiger partial charge is 0.408 e. The molecule has 2 heterocycles. The summed E-state index contributed by atoms with van der Waals surface area (Å²) < 4.78 is 36.3. The second kappa shape index (κ2) is 5.86. The number of nitrogens with one attached hydrogen (secondary N) is 1. The molecule has 0 atom stereocenters. The summed E-state index contributed by atoms with van der Waals surface area (Å²) in [5.41, 5.74) is 2.71. The van der Waals surface area contributed by atoms with E-state index in [0.29, 0.717) is 5.52 Å². The van der Waals surface area contributed by atoms with Crippen molar-refractivity contribution in [3.8, 4) is 0 Å². The van der Waals surface area contributed by atoms with Crippen molar-refractivity contribution in [1.82, 2.24) is 13.9 Å². The first kappa shape index (κ1) is 16.6. The Labute approximate surface area is 149 Å². The number of oxazole rings is 1. The zero-order valence-electron chi connectivity index (χ0n) is 14.3. The summed E-state index contributed by atoms with van der Waals surface area (Å²) in [5, 5.41) is 1.00. The highest BCUT2D eigenvalue weighted by atomic mass is 32.2. The highest BCUT2D eigenvalue weighted by Crippen LogP contribution is 2.22. The molecule has 0 aliphatic carbocycles. The topological polar surface area (TPSA) is 86.2 Å². The molecule has 1 N–H and O–H groups in total. The van der Waals surface area contributed by atoms with E-state index in [0.717, 1.165) is 16.5 Å². The van der Waals surface area contributed by atoms with Crippen molar-refractivity contribution in [2.45, 2.75) is 11.4 Å². The molecule has 0 amide bonds. The Bertz CT molecular complexity index is 1300. The van der Waals surface area contributed by atoms with Gasteiger partial charge in [0.25, 0.3) is 0 Å². The van der Waals surface area contributed by atoms with Gasteiger partial charge in [-0.05, 0) is 23.8 Å². The number of fused-ring (bicyclic) bond motifs is 2. The van der Waals surface area contributed by atoms with Crippen molar-refractivity contribution in [3.05, 3.63) is 64.8 Å². The number of para-hydroxylation sites is 1. The lowest BCUT2D eigenvalue weighted by Gasteiger charge is -2.06. The van der Waals surface area contributed by atoms with Crippen LogP contribution in [0.5, 0.6) is 0 Å². The molecule has 8 heteroatoms. The maximum absolute atomic E-state index is 12.6. The van der Waals surface area contributed by atoms with Crippen LogP contribution in [-0.4, -0.2) is 17.6 Å². The van der Waals surface area contributed by atoms with Gasteiger partial charge in [0.15, 0.2) is 5.58 Å². The fraction of sp³-hybridized carbons (Fsp3) is 0.167. The number of hydrogen-bond acceptors (Lipinski definition) is 4. The van der Waals surface area contributed by atoms with Crippen LogP contribution in [0.25, 0.3) is 22.0 Å². The highest BCUT2D eigenvalue weighted by molar-refractivity contribution is 7.89. The summed E-state index contributed by atoms with van der Waals surface area (Å²) in [7, 11) is -0.251. The molecule has 0 unspecified atom stereocenters. The third-order valence-corrected chi connectivity index (χ3v) is 5.91. The van der Waals surface area contributed by atoms with Gasteiger partial charge in [0.2, 0.25) is 10.0 Å². The molecule has 7 nitrogen and oxygen atoms in total. The highest BCUT2D eigenvalue weighted by Gasteiger charge is 2.17. The second-order valence-electron chi connectivity index (χ2n) is 6.16. The maximum atomic E-state index is 12.6. The van der Waals surface area contributed by atoms with Gasteiger partial charge in [-0.1, -0.05) is 18.2 Å². The largest absolute Gasteiger partial charge is 0.419 e. The summed E-state index contributed by atoms with van der Waals surface area (Å²) in [6, 6.07) is 12.2. The normalized spacial score (nSPS) is 12.2. The predicted molar refractivity (Wildman–Crippen MR) is 98.4 cm³/mol. The van der Waals surface area contributed by atoms with Crippen LogP contribution >= 0.6 is 0 Å². The Morgan fingerprint density at radius 3 is 2.65 bits per heavy atom. The second-order valence-corrected chi connectivity index (χ2v) is 7.93. The first-order valence-corrected chi connectivity index (χ1v) is 9.47. The molecule has 134 valence electrons. The third kappa shape index (κ3) is 2.63. The van der Waals surface area contributed by atoms with Gasteiger partial charge < -0.3 is 8.98 Å². The van der Waals surface area contributed by atoms with E-state index < -0.39 is 15.8 Å². The number of benzene rings is 2. The number of rotatable bonds is 4. The minimum absolute atomic E-state index is 0.0552. The van der Waals surface area contributed by atoms with Crippen LogP contribution in [0.15, 0.2) is 62.8 Å². The van der Waals surface area contributed by atoms with Crippen LogP contribution in [0, 0.1) is 0 Å². The minimum Gasteiger partial charge on any atom is -0.408 e. The molecule has 2 aromatic carbocycles. The first-order valence-electron chi connectivity index (χ1n) is 7.99. The van der Waals surface area contributed by atoms with Crippen molar-refractivity contribution in [2.24, 2.45) is 14.1 Å². The van der Waals surface area contributed by atoms with Crippen molar-refractivity contribution < 1.29 is 12.8 Å². The molecule has 2 aromatic heterocycles. The van der Waals surface area contributed by atoms with Gasteiger partial charge in [-0.3, -0.25) is 4.57 Å². The van der Waals surface area contributed by atoms with E-state index in [4.69, 9.17) is 4.42 Å². The van der Waals surface area contributed by atoms with Crippen molar-refractivity contribution in [1.29, 1.82) is 0 Å². The van der Waals surface area contributed by atoms with Gasteiger partial charge >= 0.3 is 5.76 Å². The Kier molecular flexibility index (Phi) is 3.74. The van der Waals surface area contributed by atoms with Crippen LogP contribution < -0.4 is 10.5 Å². The molecule has 0 spiro atoms. The van der Waals surface area contributed by atoms with Crippen LogP contribution in [-0.2, 0) is 30.7 Å². The van der Waals surface area contributed by atoms with E-state index in [-0.39, 0.29) is 17.0 Å². The van der Waals surface area contributed by atoms with E-state index in [2.05, 4.69) is 4.72 Å². The van der Waals surface area contributed by atoms with Gasteiger partial charge in [0.1, 0.15) is 0 Å². The lowest BCUT2D eigenvalue weighted by molar-refractivity contribution is 0.527. The standard InChI is InChI=1S/C18H17N3O4S/c1-20-11-12(14-5-3-4-6-15(14)20)10-19-26(23,24)13-7-8-16-17(9-13)25-18(22)21(16)2/h3-9,11,19H,10H2,1-2H3. The monoisotopic (exact) mass is 371 g/mol. The third-order valence-electron chi connectivity index (χ3n) is 4.51. The summed E-state index contributed by atoms with van der Waals surface area (Å²) in [4.78, 5) is 11.6. The molecule has 0 aliphatic rings. The number of aromatic nitrogens is 2. The number of hydrogen-bond donors (Lipinski definition) is 1. The van der Waals surface area contributed by atoms with Gasteiger partial charge in [0.05, 0.1) is 10.4 Å². The number of aryl methyl sites for hydroxylation is 2. The number of nitrogens with zero attached hydrogens (tertiary/aromatic N) is 2. The fourth-order valence-corrected chi connectivity index (χ4v) is 4.13. The van der Waals surface area contributed by atoms with E-state index in [9.17, 15) is 13.2 Å². The summed E-state index contributed by atoms with van der Waals surface area (Å²) in [6.45, 7) is 0.167. The molecule has 4 rings (SSSR count). The Morgan fingerprint density at radius 2 is 1.85 bits per heavy atom. The molecule has 0 saturated carbocycles. The van der Waals surface area contributed by atoms with E-state index in [1.807, 2.05) is 42.1 Å². The lowest BCUT2D eigenvalue weighted by Crippen LogP contribution is -2.23. The van der Waals surface area contributed by atoms with Gasteiger partial charge in [-0.2, -0.15) is 0 Å². The van der Waals surface area contributed by atoms with E-state index >= 15 is 0 Å². The average Bonchev–Trinajstić information content (AvgIpc) is 3.10. The molecular formula is C18H17N3O4S. The van der Waals surface area contributed by atoms with E-state index in [1.54, 1.807) is 13.1 Å². The Balaban J connectivity index is 1.66. The zero-order chi connectivity index (χ0) is 18.5. The Hall–Kier alpha value is -2.84.